The molecule has 3 rings (SSSR count). The van der Waals surface area contributed by atoms with E-state index in [1.165, 1.54) is 0 Å². The standard InChI is InChI=1S/C24H35N3O4/c1-17(2)15-20(23(29)25-22-18(3)31-16-21(22)28)27(26-13-9-4-5-10-14-26)24(30)19-11-7-6-8-12-19/h6-8,11-12,17-18,20,22H,4-5,9-10,13-16H2,1-3H3,(H,25,29)/t18-,20+,22+/m1/s1. The van der Waals surface area contributed by atoms with Crippen molar-refractivity contribution in [3.05, 3.63) is 35.9 Å². The second-order valence-corrected chi connectivity index (χ2v) is 9.00. The molecule has 0 bridgehead atoms. The molecule has 2 heterocycles. The molecule has 0 saturated carbocycles. The summed E-state index contributed by atoms with van der Waals surface area (Å²) < 4.78 is 5.39. The predicted molar refractivity (Wildman–Crippen MR) is 118 cm³/mol. The highest BCUT2D eigenvalue weighted by Crippen LogP contribution is 2.22. The second-order valence-electron chi connectivity index (χ2n) is 9.00. The number of carbonyl (C=O) groups excluding carboxylic acids is 3. The van der Waals surface area contributed by atoms with Gasteiger partial charge in [0.2, 0.25) is 5.91 Å². The van der Waals surface area contributed by atoms with Gasteiger partial charge in [-0.25, -0.2) is 5.01 Å². The van der Waals surface area contributed by atoms with Crippen molar-refractivity contribution in [2.45, 2.75) is 71.1 Å². The first-order valence-electron chi connectivity index (χ1n) is 11.5. The van der Waals surface area contributed by atoms with Crippen LogP contribution >= 0.6 is 0 Å². The third kappa shape index (κ3) is 5.92. The summed E-state index contributed by atoms with van der Waals surface area (Å²) in [5, 5.41) is 6.61. The zero-order chi connectivity index (χ0) is 22.4. The highest BCUT2D eigenvalue weighted by molar-refractivity contribution is 5.98. The lowest BCUT2D eigenvalue weighted by Gasteiger charge is -2.40. The monoisotopic (exact) mass is 429 g/mol. The SMILES string of the molecule is CC(C)C[C@@H](C(=O)N[C@@H]1C(=O)CO[C@@H]1C)N(C(=O)c1ccccc1)N1CCCCCC1. The van der Waals surface area contributed by atoms with E-state index < -0.39 is 12.1 Å². The number of hydrogen-bond donors (Lipinski definition) is 1. The van der Waals surface area contributed by atoms with Gasteiger partial charge in [0, 0.05) is 18.7 Å². The number of nitrogens with zero attached hydrogens (tertiary/aromatic N) is 2. The molecule has 2 amide bonds. The quantitative estimate of drug-likeness (QED) is 0.721. The summed E-state index contributed by atoms with van der Waals surface area (Å²) in [6, 6.07) is 7.76. The minimum atomic E-state index is -0.689. The molecule has 0 radical (unpaired) electrons. The van der Waals surface area contributed by atoms with Gasteiger partial charge in [0.25, 0.3) is 5.91 Å². The van der Waals surface area contributed by atoms with Crippen molar-refractivity contribution in [1.82, 2.24) is 15.3 Å². The van der Waals surface area contributed by atoms with Gasteiger partial charge in [-0.1, -0.05) is 44.9 Å². The lowest BCUT2D eigenvalue weighted by molar-refractivity contribution is -0.136. The molecule has 2 saturated heterocycles. The van der Waals surface area contributed by atoms with Gasteiger partial charge in [0.05, 0.1) is 6.10 Å². The Kier molecular flexibility index (Phi) is 8.21. The van der Waals surface area contributed by atoms with Crippen molar-refractivity contribution in [1.29, 1.82) is 0 Å². The van der Waals surface area contributed by atoms with Gasteiger partial charge >= 0.3 is 0 Å². The summed E-state index contributed by atoms with van der Waals surface area (Å²) in [7, 11) is 0. The molecule has 1 N–H and O–H groups in total. The average molecular weight is 430 g/mol. The number of amides is 2. The molecule has 1 aromatic rings. The Morgan fingerprint density at radius 1 is 1.13 bits per heavy atom. The maximum atomic E-state index is 13.7. The molecule has 3 atom stereocenters. The van der Waals surface area contributed by atoms with Gasteiger partial charge in [-0.3, -0.25) is 19.4 Å². The van der Waals surface area contributed by atoms with Crippen molar-refractivity contribution in [2.24, 2.45) is 5.92 Å². The molecule has 2 aliphatic rings. The number of rotatable bonds is 7. The normalized spacial score (nSPS) is 23.4. The number of benzene rings is 1. The summed E-state index contributed by atoms with van der Waals surface area (Å²) in [6.07, 6.45) is 4.36. The minimum Gasteiger partial charge on any atom is -0.368 e. The summed E-state index contributed by atoms with van der Waals surface area (Å²) in [5.41, 5.74) is 0.557. The summed E-state index contributed by atoms with van der Waals surface area (Å²) in [4.78, 5) is 39.4. The Morgan fingerprint density at radius 3 is 2.32 bits per heavy atom. The van der Waals surface area contributed by atoms with E-state index >= 15 is 0 Å². The van der Waals surface area contributed by atoms with Crippen molar-refractivity contribution in [3.8, 4) is 0 Å². The smallest absolute Gasteiger partial charge is 0.268 e. The maximum Gasteiger partial charge on any atom is 0.268 e. The van der Waals surface area contributed by atoms with Crippen LogP contribution in [0.2, 0.25) is 0 Å². The molecule has 0 aromatic heterocycles. The number of hydrazine groups is 1. The van der Waals surface area contributed by atoms with Crippen LogP contribution in [0, 0.1) is 5.92 Å². The number of nitrogens with one attached hydrogen (secondary N) is 1. The number of hydrogen-bond acceptors (Lipinski definition) is 5. The van der Waals surface area contributed by atoms with Gasteiger partial charge < -0.3 is 10.1 Å². The first-order valence-corrected chi connectivity index (χ1v) is 11.5. The summed E-state index contributed by atoms with van der Waals surface area (Å²) in [5.74, 6) is -0.398. The lowest BCUT2D eigenvalue weighted by atomic mass is 10.0. The fourth-order valence-electron chi connectivity index (χ4n) is 4.32. The molecule has 1 aromatic carbocycles. The Bertz CT molecular complexity index is 759. The fourth-order valence-corrected chi connectivity index (χ4v) is 4.32. The summed E-state index contributed by atoms with van der Waals surface area (Å²) >= 11 is 0. The van der Waals surface area contributed by atoms with Gasteiger partial charge in [-0.05, 0) is 44.2 Å². The zero-order valence-corrected chi connectivity index (χ0v) is 18.9. The highest BCUT2D eigenvalue weighted by atomic mass is 16.5. The van der Waals surface area contributed by atoms with E-state index in [-0.39, 0.29) is 36.2 Å². The molecular weight excluding hydrogens is 394 g/mol. The number of ether oxygens (including phenoxy) is 1. The van der Waals surface area contributed by atoms with E-state index in [0.717, 1.165) is 38.8 Å². The maximum absolute atomic E-state index is 13.7. The van der Waals surface area contributed by atoms with E-state index in [1.807, 2.05) is 37.1 Å². The highest BCUT2D eigenvalue weighted by Gasteiger charge is 2.40. The van der Waals surface area contributed by atoms with Crippen LogP contribution in [-0.2, 0) is 14.3 Å². The van der Waals surface area contributed by atoms with Crippen LogP contribution in [0.25, 0.3) is 0 Å². The van der Waals surface area contributed by atoms with E-state index in [1.54, 1.807) is 24.1 Å². The second kappa shape index (κ2) is 10.9. The molecule has 0 unspecified atom stereocenters. The van der Waals surface area contributed by atoms with Crippen molar-refractivity contribution < 1.29 is 19.1 Å². The Labute approximate surface area is 185 Å². The van der Waals surface area contributed by atoms with E-state index in [4.69, 9.17) is 4.74 Å². The molecule has 0 aliphatic carbocycles. The topological polar surface area (TPSA) is 79.0 Å². The van der Waals surface area contributed by atoms with Crippen LogP contribution in [0.5, 0.6) is 0 Å². The van der Waals surface area contributed by atoms with E-state index in [0.29, 0.717) is 12.0 Å². The van der Waals surface area contributed by atoms with Crippen LogP contribution in [0.4, 0.5) is 0 Å². The van der Waals surface area contributed by atoms with Crippen molar-refractivity contribution >= 4 is 17.6 Å². The number of carbonyl (C=O) groups is 3. The molecule has 170 valence electrons. The van der Waals surface area contributed by atoms with Gasteiger partial charge in [-0.2, -0.15) is 0 Å². The zero-order valence-electron chi connectivity index (χ0n) is 18.9. The van der Waals surface area contributed by atoms with Gasteiger partial charge in [-0.15, -0.1) is 0 Å². The molecule has 31 heavy (non-hydrogen) atoms. The molecular formula is C24H35N3O4. The minimum absolute atomic E-state index is 0.0136. The molecule has 2 aliphatic heterocycles. The van der Waals surface area contributed by atoms with Crippen LogP contribution in [0.15, 0.2) is 30.3 Å². The lowest BCUT2D eigenvalue weighted by Crippen LogP contribution is -2.60. The van der Waals surface area contributed by atoms with Gasteiger partial charge in [0.1, 0.15) is 18.7 Å². The number of ketones is 1. The van der Waals surface area contributed by atoms with E-state index in [2.05, 4.69) is 5.32 Å². The first kappa shape index (κ1) is 23.4. The fraction of sp³-hybridized carbons (Fsp3) is 0.625. The van der Waals surface area contributed by atoms with Crippen molar-refractivity contribution in [3.63, 3.8) is 0 Å². The molecule has 0 spiro atoms. The average Bonchev–Trinajstić information content (AvgIpc) is 2.94. The molecule has 7 nitrogen and oxygen atoms in total. The van der Waals surface area contributed by atoms with Crippen LogP contribution < -0.4 is 5.32 Å². The van der Waals surface area contributed by atoms with Crippen LogP contribution in [-0.4, -0.2) is 65.5 Å². The Hall–Kier alpha value is -2.25. The predicted octanol–water partition coefficient (Wildman–Crippen LogP) is 2.81. The number of Topliss-reactive ketones (excluding diaryl/α,β-unsaturated/α-hetero) is 1. The third-order valence-corrected chi connectivity index (χ3v) is 6.01. The largest absolute Gasteiger partial charge is 0.368 e. The molecule has 7 heteroatoms. The summed E-state index contributed by atoms with van der Waals surface area (Å²) in [6.45, 7) is 7.36. The van der Waals surface area contributed by atoms with Crippen molar-refractivity contribution in [2.75, 3.05) is 19.7 Å². The van der Waals surface area contributed by atoms with Gasteiger partial charge in [0.15, 0.2) is 5.78 Å². The van der Waals surface area contributed by atoms with E-state index in [9.17, 15) is 14.4 Å². The molecule has 2 fully saturated rings. The first-order chi connectivity index (χ1) is 14.9. The Balaban J connectivity index is 1.92. The third-order valence-electron chi connectivity index (χ3n) is 6.01. The Morgan fingerprint density at radius 2 is 1.77 bits per heavy atom. The van der Waals surface area contributed by atoms with Crippen LogP contribution in [0.3, 0.4) is 0 Å². The van der Waals surface area contributed by atoms with Crippen LogP contribution in [0.1, 0.15) is 63.2 Å².